The van der Waals surface area contributed by atoms with Gasteiger partial charge in [-0.3, -0.25) is 4.79 Å². The summed E-state index contributed by atoms with van der Waals surface area (Å²) in [6.45, 7) is 0.648. The number of hydrogen-bond donors (Lipinski definition) is 2. The summed E-state index contributed by atoms with van der Waals surface area (Å²) in [6.07, 6.45) is -1.19. The Balaban J connectivity index is 1.46. The van der Waals surface area contributed by atoms with Crippen LogP contribution >= 0.6 is 0 Å². The zero-order chi connectivity index (χ0) is 27.1. The van der Waals surface area contributed by atoms with Crippen LogP contribution in [-0.4, -0.2) is 64.4 Å². The van der Waals surface area contributed by atoms with Gasteiger partial charge in [0.2, 0.25) is 11.8 Å². The van der Waals surface area contributed by atoms with Gasteiger partial charge in [-0.05, 0) is 45.1 Å². The number of fused-ring (bicyclic) bond motifs is 1. The van der Waals surface area contributed by atoms with Crippen LogP contribution in [0.5, 0.6) is 0 Å². The fourth-order valence-corrected chi connectivity index (χ4v) is 6.06. The van der Waals surface area contributed by atoms with Gasteiger partial charge >= 0.3 is 6.18 Å². The molecule has 4 heterocycles. The molecule has 210 valence electrons. The molecular weight excluding hydrogens is 511 g/mol. The molecule has 2 N–H and O–H groups in total. The Morgan fingerprint density at radius 3 is 2.55 bits per heavy atom. The first kappa shape index (κ1) is 27.2. The number of hydrogen-bond acceptors (Lipinski definition) is 6. The molecule has 1 saturated carbocycles. The second-order valence-electron chi connectivity index (χ2n) is 10.8. The van der Waals surface area contributed by atoms with Crippen molar-refractivity contribution < 1.29 is 31.5 Å². The van der Waals surface area contributed by atoms with E-state index >= 15 is 0 Å². The van der Waals surface area contributed by atoms with Crippen LogP contribution < -0.4 is 10.6 Å². The molecule has 2 aromatic heterocycles. The van der Waals surface area contributed by atoms with E-state index in [1.165, 1.54) is 4.52 Å². The minimum atomic E-state index is -4.39. The molecule has 0 bridgehead atoms. The highest BCUT2D eigenvalue weighted by Gasteiger charge is 2.45. The number of nitrogens with zero attached hydrogens (tertiary/aromatic N) is 4. The number of aromatic nitrogens is 4. The summed E-state index contributed by atoms with van der Waals surface area (Å²) >= 11 is 0. The maximum Gasteiger partial charge on any atom is 0.393 e. The van der Waals surface area contributed by atoms with E-state index < -0.39 is 36.4 Å². The molecule has 3 aliphatic rings. The lowest BCUT2D eigenvalue weighted by Gasteiger charge is -2.32. The molecule has 5 rings (SSSR count). The van der Waals surface area contributed by atoms with Gasteiger partial charge in [-0.1, -0.05) is 0 Å². The number of piperidine rings is 1. The second kappa shape index (κ2) is 10.6. The van der Waals surface area contributed by atoms with Gasteiger partial charge < -0.3 is 15.4 Å². The van der Waals surface area contributed by atoms with Crippen molar-refractivity contribution in [1.82, 2.24) is 30.2 Å². The van der Waals surface area contributed by atoms with E-state index in [2.05, 4.69) is 15.6 Å². The predicted molar refractivity (Wildman–Crippen MR) is 127 cm³/mol. The molecule has 0 unspecified atom stereocenters. The van der Waals surface area contributed by atoms with Crippen LogP contribution in [0.2, 0.25) is 0 Å². The largest absolute Gasteiger partial charge is 0.393 e. The third-order valence-corrected chi connectivity index (χ3v) is 8.27. The van der Waals surface area contributed by atoms with Crippen LogP contribution in [0, 0.1) is 17.8 Å². The first-order valence-corrected chi connectivity index (χ1v) is 13.3. The van der Waals surface area contributed by atoms with E-state index in [-0.39, 0.29) is 43.6 Å². The lowest BCUT2D eigenvalue weighted by atomic mass is 9.81. The highest BCUT2D eigenvalue weighted by molar-refractivity contribution is 5.79. The molecular formula is C25H33F5N6O2. The summed E-state index contributed by atoms with van der Waals surface area (Å²) in [5.74, 6) is -5.23. The number of rotatable bonds is 6. The van der Waals surface area contributed by atoms with Crippen LogP contribution in [0.3, 0.4) is 0 Å². The molecule has 2 aliphatic heterocycles. The van der Waals surface area contributed by atoms with Crippen LogP contribution in [-0.2, 0) is 16.0 Å². The van der Waals surface area contributed by atoms with Crippen molar-refractivity contribution in [1.29, 1.82) is 0 Å². The van der Waals surface area contributed by atoms with Crippen molar-refractivity contribution in [2.75, 3.05) is 26.8 Å². The quantitative estimate of drug-likeness (QED) is 0.535. The molecule has 0 aromatic carbocycles. The lowest BCUT2D eigenvalue weighted by molar-refractivity contribution is -0.183. The van der Waals surface area contributed by atoms with Crippen LogP contribution in [0.4, 0.5) is 22.0 Å². The van der Waals surface area contributed by atoms with E-state index in [1.807, 2.05) is 0 Å². The van der Waals surface area contributed by atoms with E-state index in [1.54, 1.807) is 13.2 Å². The Kier molecular flexibility index (Phi) is 7.60. The van der Waals surface area contributed by atoms with Gasteiger partial charge in [-0.25, -0.2) is 23.3 Å². The van der Waals surface area contributed by atoms with Gasteiger partial charge in [0.05, 0.1) is 35.2 Å². The molecule has 2 aromatic rings. The number of imidazole rings is 1. The first-order chi connectivity index (χ1) is 18.0. The fraction of sp³-hybridized carbons (Fsp3) is 0.760. The molecule has 3 fully saturated rings. The Morgan fingerprint density at radius 2 is 1.89 bits per heavy atom. The van der Waals surface area contributed by atoms with Crippen molar-refractivity contribution in [2.45, 2.75) is 75.4 Å². The lowest BCUT2D eigenvalue weighted by Crippen LogP contribution is -2.47. The highest BCUT2D eigenvalue weighted by atomic mass is 19.4. The normalized spacial score (nSPS) is 26.4. The number of alkyl halides is 5. The van der Waals surface area contributed by atoms with Crippen molar-refractivity contribution >= 4 is 11.7 Å². The van der Waals surface area contributed by atoms with Crippen molar-refractivity contribution in [3.63, 3.8) is 0 Å². The molecule has 0 spiro atoms. The average Bonchev–Trinajstić information content (AvgIpc) is 3.28. The van der Waals surface area contributed by atoms with E-state index in [4.69, 9.17) is 14.8 Å². The SMILES string of the molecule is CN[C@H](c1cn2nc(C[C@H]3C[C@@H](C(F)(F)F)CNC3=O)c(C3CCOCC3)nc2n1)C1CCC(F)(F)CC1. The Labute approximate surface area is 217 Å². The number of carbonyl (C=O) groups is 1. The molecule has 1 amide bonds. The number of ether oxygens (including phenoxy) is 1. The predicted octanol–water partition coefficient (Wildman–Crippen LogP) is 3.96. The fourth-order valence-electron chi connectivity index (χ4n) is 6.06. The van der Waals surface area contributed by atoms with E-state index in [0.717, 1.165) is 0 Å². The van der Waals surface area contributed by atoms with E-state index in [9.17, 15) is 26.7 Å². The van der Waals surface area contributed by atoms with Gasteiger partial charge in [-0.15, -0.1) is 0 Å². The Morgan fingerprint density at radius 1 is 1.18 bits per heavy atom. The maximum atomic E-state index is 13.7. The van der Waals surface area contributed by atoms with Crippen molar-refractivity contribution in [3.8, 4) is 0 Å². The summed E-state index contributed by atoms with van der Waals surface area (Å²) in [4.78, 5) is 22.0. The smallest absolute Gasteiger partial charge is 0.381 e. The third kappa shape index (κ3) is 5.78. The number of amides is 1. The van der Waals surface area contributed by atoms with Crippen molar-refractivity contribution in [3.05, 3.63) is 23.3 Å². The number of carbonyl (C=O) groups excluding carboxylic acids is 1. The topological polar surface area (TPSA) is 93.4 Å². The van der Waals surface area contributed by atoms with Gasteiger partial charge in [0.25, 0.3) is 5.78 Å². The third-order valence-electron chi connectivity index (χ3n) is 8.27. The first-order valence-electron chi connectivity index (χ1n) is 13.3. The summed E-state index contributed by atoms with van der Waals surface area (Å²) in [6, 6.07) is -0.263. The number of halogens is 5. The molecule has 1 aliphatic carbocycles. The zero-order valence-corrected chi connectivity index (χ0v) is 21.2. The minimum absolute atomic E-state index is 0.0119. The van der Waals surface area contributed by atoms with Gasteiger partial charge in [-0.2, -0.15) is 18.3 Å². The average molecular weight is 545 g/mol. The van der Waals surface area contributed by atoms with Gasteiger partial charge in [0, 0.05) is 50.9 Å². The summed E-state index contributed by atoms with van der Waals surface area (Å²) < 4.78 is 74.7. The van der Waals surface area contributed by atoms with Gasteiger partial charge in [0.1, 0.15) is 0 Å². The van der Waals surface area contributed by atoms with Crippen LogP contribution in [0.15, 0.2) is 6.20 Å². The standard InChI is InChI=1S/C25H33F5N6O2/c1-31-20(14-2-6-24(26,27)7-3-14)19-13-36-23(33-19)34-21(15-4-8-38-9-5-15)18(35-36)11-16-10-17(25(28,29)30)12-32-22(16)37/h13-17,20,31H,2-12H2,1H3,(H,32,37)/t16-,17-,20+/m1/s1. The molecule has 3 atom stereocenters. The van der Waals surface area contributed by atoms with Crippen LogP contribution in [0.25, 0.3) is 5.78 Å². The molecule has 0 radical (unpaired) electrons. The van der Waals surface area contributed by atoms with Gasteiger partial charge in [0.15, 0.2) is 0 Å². The minimum Gasteiger partial charge on any atom is -0.381 e. The summed E-state index contributed by atoms with van der Waals surface area (Å²) in [5.41, 5.74) is 1.75. The molecule has 8 nitrogen and oxygen atoms in total. The summed E-state index contributed by atoms with van der Waals surface area (Å²) in [7, 11) is 1.76. The van der Waals surface area contributed by atoms with Crippen LogP contribution in [0.1, 0.15) is 74.0 Å². The highest BCUT2D eigenvalue weighted by Crippen LogP contribution is 2.41. The second-order valence-corrected chi connectivity index (χ2v) is 10.8. The molecule has 2 saturated heterocycles. The van der Waals surface area contributed by atoms with E-state index in [0.29, 0.717) is 61.8 Å². The molecule has 38 heavy (non-hydrogen) atoms. The Bertz CT molecular complexity index is 1140. The Hall–Kier alpha value is -2.41. The maximum absolute atomic E-state index is 13.7. The van der Waals surface area contributed by atoms with Crippen molar-refractivity contribution in [2.24, 2.45) is 17.8 Å². The number of nitrogens with one attached hydrogen (secondary N) is 2. The summed E-state index contributed by atoms with van der Waals surface area (Å²) in [5, 5.41) is 10.3. The molecule has 13 heteroatoms. The monoisotopic (exact) mass is 544 g/mol. The zero-order valence-electron chi connectivity index (χ0n) is 21.2.